The quantitative estimate of drug-likeness (QED) is 0.318. The third-order valence-corrected chi connectivity index (χ3v) is 8.68. The van der Waals surface area contributed by atoms with Crippen molar-refractivity contribution in [2.45, 2.75) is 46.5 Å². The van der Waals surface area contributed by atoms with Gasteiger partial charge in [-0.1, -0.05) is 38.8 Å². The number of rotatable bonds is 7. The number of carbonyl (C=O) groups is 2. The summed E-state index contributed by atoms with van der Waals surface area (Å²) < 4.78 is 11.0. The van der Waals surface area contributed by atoms with E-state index >= 15 is 0 Å². The predicted octanol–water partition coefficient (Wildman–Crippen LogP) is 3.53. The molecule has 3 saturated carbocycles. The average Bonchev–Trinajstić information content (AvgIpc) is 3.19. The molecule has 150 valence electrons. The van der Waals surface area contributed by atoms with Gasteiger partial charge in [-0.2, -0.15) is 0 Å². The van der Waals surface area contributed by atoms with Gasteiger partial charge in [-0.3, -0.25) is 4.79 Å². The molecular formula is C22H32O5. The van der Waals surface area contributed by atoms with Gasteiger partial charge in [-0.05, 0) is 48.9 Å². The number of fused-ring (bicyclic) bond motifs is 2. The van der Waals surface area contributed by atoms with Gasteiger partial charge < -0.3 is 19.4 Å². The molecule has 0 aromatic heterocycles. The van der Waals surface area contributed by atoms with Crippen LogP contribution >= 0.6 is 0 Å². The predicted molar refractivity (Wildman–Crippen MR) is 99.8 cm³/mol. The van der Waals surface area contributed by atoms with Crippen molar-refractivity contribution in [1.82, 2.24) is 0 Å². The molecule has 3 fully saturated rings. The highest BCUT2D eigenvalue weighted by Crippen LogP contribution is 2.82. The Balaban J connectivity index is 1.94. The summed E-state index contributed by atoms with van der Waals surface area (Å²) in [6, 6.07) is 0. The lowest BCUT2D eigenvalue weighted by molar-refractivity contribution is -0.191. The Morgan fingerprint density at radius 3 is 2.70 bits per heavy atom. The summed E-state index contributed by atoms with van der Waals surface area (Å²) in [5.41, 5.74) is -1.53. The molecule has 0 spiro atoms. The first-order valence-electron chi connectivity index (χ1n) is 10.3. The first-order valence-corrected chi connectivity index (χ1v) is 10.3. The molecule has 4 rings (SSSR count). The number of ether oxygens (including phenoxy) is 2. The molecular weight excluding hydrogens is 344 g/mol. The van der Waals surface area contributed by atoms with Crippen LogP contribution in [-0.2, 0) is 19.1 Å². The summed E-state index contributed by atoms with van der Waals surface area (Å²) in [6.07, 6.45) is 6.79. The average molecular weight is 376 g/mol. The Kier molecular flexibility index (Phi) is 4.36. The molecule has 0 amide bonds. The molecule has 4 bridgehead atoms. The minimum Gasteiger partial charge on any atom is -0.481 e. The van der Waals surface area contributed by atoms with Gasteiger partial charge in [0.25, 0.3) is 0 Å². The maximum absolute atomic E-state index is 13.1. The van der Waals surface area contributed by atoms with E-state index in [4.69, 9.17) is 9.47 Å². The van der Waals surface area contributed by atoms with Gasteiger partial charge in [0.1, 0.15) is 18.5 Å². The second-order valence-corrected chi connectivity index (χ2v) is 9.74. The van der Waals surface area contributed by atoms with Crippen LogP contribution < -0.4 is 0 Å². The van der Waals surface area contributed by atoms with Crippen LogP contribution in [0, 0.1) is 45.8 Å². The molecule has 0 radical (unpaired) electrons. The van der Waals surface area contributed by atoms with Crippen molar-refractivity contribution in [3.63, 3.8) is 0 Å². The molecule has 0 heterocycles. The first-order chi connectivity index (χ1) is 12.8. The minimum absolute atomic E-state index is 0.0888. The van der Waals surface area contributed by atoms with Gasteiger partial charge in [-0.15, -0.1) is 0 Å². The zero-order valence-corrected chi connectivity index (χ0v) is 16.9. The largest absolute Gasteiger partial charge is 0.481 e. The highest BCUT2D eigenvalue weighted by molar-refractivity contribution is 5.90. The van der Waals surface area contributed by atoms with Gasteiger partial charge in [0.2, 0.25) is 0 Å². The van der Waals surface area contributed by atoms with Crippen molar-refractivity contribution in [1.29, 1.82) is 0 Å². The molecule has 27 heavy (non-hydrogen) atoms. The van der Waals surface area contributed by atoms with E-state index in [1.54, 1.807) is 7.11 Å². The molecule has 5 nitrogen and oxygen atoms in total. The summed E-state index contributed by atoms with van der Waals surface area (Å²) in [6.45, 7) is 6.88. The van der Waals surface area contributed by atoms with Crippen LogP contribution in [0.2, 0.25) is 0 Å². The van der Waals surface area contributed by atoms with E-state index in [1.165, 1.54) is 0 Å². The summed E-state index contributed by atoms with van der Waals surface area (Å²) in [5.74, 6) is 0.465. The minimum atomic E-state index is -1.14. The van der Waals surface area contributed by atoms with Gasteiger partial charge in [-0.25, -0.2) is 0 Å². The number of aliphatic carboxylic acids is 1. The van der Waals surface area contributed by atoms with Gasteiger partial charge >= 0.3 is 5.97 Å². The molecule has 1 N–H and O–H groups in total. The van der Waals surface area contributed by atoms with Gasteiger partial charge in [0.15, 0.2) is 0 Å². The molecule has 0 aromatic carbocycles. The van der Waals surface area contributed by atoms with Crippen molar-refractivity contribution in [2.24, 2.45) is 45.8 Å². The summed E-state index contributed by atoms with van der Waals surface area (Å²) in [4.78, 5) is 25.9. The van der Waals surface area contributed by atoms with Gasteiger partial charge in [0, 0.05) is 12.5 Å². The van der Waals surface area contributed by atoms with Crippen molar-refractivity contribution in [3.8, 4) is 0 Å². The maximum Gasteiger partial charge on any atom is 0.315 e. The third-order valence-electron chi connectivity index (χ3n) is 8.68. The lowest BCUT2D eigenvalue weighted by Gasteiger charge is -2.58. The summed E-state index contributed by atoms with van der Waals surface area (Å²) in [7, 11) is 1.58. The molecule has 0 saturated heterocycles. The third kappa shape index (κ3) is 1.97. The Hall–Kier alpha value is -1.20. The zero-order valence-electron chi connectivity index (χ0n) is 16.9. The lowest BCUT2D eigenvalue weighted by Crippen LogP contribution is -2.63. The van der Waals surface area contributed by atoms with Crippen LogP contribution in [0.25, 0.3) is 0 Å². The Morgan fingerprint density at radius 2 is 2.11 bits per heavy atom. The number of carboxylic acid groups (broad SMARTS) is 1. The number of aldehydes is 1. The van der Waals surface area contributed by atoms with E-state index in [9.17, 15) is 14.7 Å². The number of allylic oxidation sites excluding steroid dienone is 1. The zero-order chi connectivity index (χ0) is 19.6. The number of carboxylic acids is 1. The van der Waals surface area contributed by atoms with Crippen LogP contribution in [0.5, 0.6) is 0 Å². The van der Waals surface area contributed by atoms with E-state index in [-0.39, 0.29) is 24.5 Å². The Bertz CT molecular complexity index is 684. The van der Waals surface area contributed by atoms with Crippen LogP contribution in [0.3, 0.4) is 0 Å². The SMILES string of the molecule is COCOC[C@@]12C[C@@H]3[C@H](C)CC[C@H]3[C@]3(C=O)C[C@@H]1C=C(C(C)C)[C@@]23C(=O)O. The molecule has 7 atom stereocenters. The van der Waals surface area contributed by atoms with E-state index in [2.05, 4.69) is 26.8 Å². The van der Waals surface area contributed by atoms with Crippen molar-refractivity contribution in [3.05, 3.63) is 11.6 Å². The number of methoxy groups -OCH3 is 1. The molecule has 0 aliphatic heterocycles. The second-order valence-electron chi connectivity index (χ2n) is 9.74. The molecule has 5 heteroatoms. The Labute approximate surface area is 161 Å². The summed E-state index contributed by atoms with van der Waals surface area (Å²) >= 11 is 0. The lowest BCUT2D eigenvalue weighted by atomic mass is 9.43. The van der Waals surface area contributed by atoms with Crippen LogP contribution in [0.4, 0.5) is 0 Å². The second kappa shape index (κ2) is 6.15. The fourth-order valence-electron chi connectivity index (χ4n) is 7.94. The normalized spacial score (nSPS) is 47.2. The highest BCUT2D eigenvalue weighted by atomic mass is 16.7. The van der Waals surface area contributed by atoms with E-state index in [1.807, 2.05) is 0 Å². The smallest absolute Gasteiger partial charge is 0.315 e. The summed E-state index contributed by atoms with van der Waals surface area (Å²) in [5, 5.41) is 10.7. The standard InChI is InChI=1S/C22H32O5/c1-13(2)18-7-15-8-20(10-23)17-6-5-14(3)16(17)9-21(15,11-27-12-26-4)22(18,20)19(24)25/h7,10,13-17H,5-6,8-9,11-12H2,1-4H3,(H,24,25)/t14-,15+,16-,17-,20-,21+,22+/m1/s1. The molecule has 0 aromatic rings. The number of carbonyl (C=O) groups excluding carboxylic acids is 1. The molecule has 0 unspecified atom stereocenters. The maximum atomic E-state index is 13.1. The van der Waals surface area contributed by atoms with E-state index in [0.717, 1.165) is 31.1 Å². The van der Waals surface area contributed by atoms with Crippen LogP contribution in [-0.4, -0.2) is 37.9 Å². The Morgan fingerprint density at radius 1 is 1.37 bits per heavy atom. The van der Waals surface area contributed by atoms with Crippen LogP contribution in [0.15, 0.2) is 11.6 Å². The van der Waals surface area contributed by atoms with Crippen molar-refractivity contribution < 1.29 is 24.2 Å². The monoisotopic (exact) mass is 376 g/mol. The molecule has 4 aliphatic rings. The molecule has 4 aliphatic carbocycles. The van der Waals surface area contributed by atoms with Crippen LogP contribution in [0.1, 0.15) is 46.5 Å². The topological polar surface area (TPSA) is 72.8 Å². The van der Waals surface area contributed by atoms with Gasteiger partial charge in [0.05, 0.1) is 12.0 Å². The number of hydrogen-bond donors (Lipinski definition) is 1. The fourth-order valence-corrected chi connectivity index (χ4v) is 7.94. The first kappa shape index (κ1) is 19.1. The fraction of sp³-hybridized carbons (Fsp3) is 0.818. The van der Waals surface area contributed by atoms with E-state index < -0.39 is 22.2 Å². The van der Waals surface area contributed by atoms with Crippen molar-refractivity contribution >= 4 is 12.3 Å². The van der Waals surface area contributed by atoms with Crippen molar-refractivity contribution in [2.75, 3.05) is 20.5 Å². The number of hydrogen-bond acceptors (Lipinski definition) is 4. The van der Waals surface area contributed by atoms with E-state index in [0.29, 0.717) is 24.9 Å². The highest BCUT2D eigenvalue weighted by Gasteiger charge is 2.84.